The summed E-state index contributed by atoms with van der Waals surface area (Å²) in [4.78, 5) is 0. The maximum Gasteiger partial charge on any atom is 0.402 e. The molecular formula is C8H9ClF3NO3S. The first-order valence-corrected chi connectivity index (χ1v) is 6.52. The van der Waals surface area contributed by atoms with E-state index >= 15 is 0 Å². The van der Waals surface area contributed by atoms with Gasteiger partial charge in [0, 0.05) is 0 Å². The third-order valence-corrected chi connectivity index (χ3v) is 3.95. The van der Waals surface area contributed by atoms with Crippen molar-refractivity contribution in [2.45, 2.75) is 12.7 Å². The Kier molecular flexibility index (Phi) is 4.45. The summed E-state index contributed by atoms with van der Waals surface area (Å²) >= 11 is 5.13. The molecule has 0 atom stereocenters. The zero-order valence-corrected chi connectivity index (χ0v) is 10.0. The van der Waals surface area contributed by atoms with Crippen LogP contribution in [0.25, 0.3) is 0 Å². The highest BCUT2D eigenvalue weighted by Crippen LogP contribution is 2.21. The van der Waals surface area contributed by atoms with Crippen molar-refractivity contribution in [1.29, 1.82) is 0 Å². The monoisotopic (exact) mass is 291 g/mol. The minimum Gasteiger partial charge on any atom is -0.468 e. The Labute approximate surface area is 101 Å². The van der Waals surface area contributed by atoms with Crippen LogP contribution in [0.3, 0.4) is 0 Å². The molecule has 0 bridgehead atoms. The van der Waals surface area contributed by atoms with Crippen molar-refractivity contribution in [3.63, 3.8) is 0 Å². The molecule has 1 aromatic heterocycles. The van der Waals surface area contributed by atoms with Crippen LogP contribution in [0, 0.1) is 0 Å². The largest absolute Gasteiger partial charge is 0.468 e. The van der Waals surface area contributed by atoms with E-state index in [-0.39, 0.29) is 10.1 Å². The average molecular weight is 292 g/mol. The van der Waals surface area contributed by atoms with Crippen LogP contribution < -0.4 is 0 Å². The predicted molar refractivity (Wildman–Crippen MR) is 54.8 cm³/mol. The molecule has 0 saturated carbocycles. The van der Waals surface area contributed by atoms with Crippen LogP contribution in [0.2, 0.25) is 0 Å². The van der Waals surface area contributed by atoms with Gasteiger partial charge in [0.2, 0.25) is 10.0 Å². The van der Waals surface area contributed by atoms with Crippen LogP contribution in [-0.4, -0.2) is 30.7 Å². The summed E-state index contributed by atoms with van der Waals surface area (Å²) < 4.78 is 64.4. The van der Waals surface area contributed by atoms with Gasteiger partial charge in [0.1, 0.15) is 17.5 Å². The molecule has 9 heteroatoms. The van der Waals surface area contributed by atoms with Crippen molar-refractivity contribution in [3.8, 4) is 0 Å². The quantitative estimate of drug-likeness (QED) is 0.781. The fourth-order valence-electron chi connectivity index (χ4n) is 1.10. The number of nitrogens with zero attached hydrogens (tertiary/aromatic N) is 1. The van der Waals surface area contributed by atoms with Gasteiger partial charge in [0.05, 0.1) is 12.8 Å². The number of sulfonamides is 1. The summed E-state index contributed by atoms with van der Waals surface area (Å²) in [5, 5.41) is -0.913. The normalized spacial score (nSPS) is 13.2. The van der Waals surface area contributed by atoms with E-state index < -0.39 is 34.5 Å². The summed E-state index contributed by atoms with van der Waals surface area (Å²) in [6.07, 6.45) is -3.39. The highest BCUT2D eigenvalue weighted by Gasteiger charge is 2.36. The molecule has 0 amide bonds. The van der Waals surface area contributed by atoms with E-state index in [1.807, 2.05) is 0 Å². The molecule has 0 radical (unpaired) electrons. The van der Waals surface area contributed by atoms with Crippen LogP contribution in [-0.2, 0) is 16.6 Å². The van der Waals surface area contributed by atoms with E-state index in [1.54, 1.807) is 0 Å². The van der Waals surface area contributed by atoms with E-state index in [2.05, 4.69) is 0 Å². The van der Waals surface area contributed by atoms with Crippen LogP contribution in [0.5, 0.6) is 0 Å². The fourth-order valence-corrected chi connectivity index (χ4v) is 2.32. The summed E-state index contributed by atoms with van der Waals surface area (Å²) in [6.45, 7) is -2.09. The second-order valence-corrected chi connectivity index (χ2v) is 5.74. The first-order chi connectivity index (χ1) is 7.74. The smallest absolute Gasteiger partial charge is 0.402 e. The fraction of sp³-hybridized carbons (Fsp3) is 0.500. The lowest BCUT2D eigenvalue weighted by atomic mass is 10.4. The van der Waals surface area contributed by atoms with Gasteiger partial charge in [-0.05, 0) is 12.1 Å². The number of hydrogen-bond acceptors (Lipinski definition) is 3. The van der Waals surface area contributed by atoms with Gasteiger partial charge in [-0.15, -0.1) is 11.6 Å². The lowest BCUT2D eigenvalue weighted by molar-refractivity contribution is -0.137. The lowest BCUT2D eigenvalue weighted by Gasteiger charge is -2.21. The Hall–Kier alpha value is -0.730. The predicted octanol–water partition coefficient (Wildman–Crippen LogP) is 2.17. The number of furan rings is 1. The van der Waals surface area contributed by atoms with Gasteiger partial charge >= 0.3 is 6.18 Å². The number of alkyl halides is 4. The van der Waals surface area contributed by atoms with E-state index in [4.69, 9.17) is 16.0 Å². The summed E-state index contributed by atoms with van der Waals surface area (Å²) in [5.74, 6) is 0.114. The first-order valence-electron chi connectivity index (χ1n) is 4.37. The Morgan fingerprint density at radius 3 is 2.47 bits per heavy atom. The van der Waals surface area contributed by atoms with Gasteiger partial charge in [-0.3, -0.25) is 0 Å². The minimum atomic E-state index is -4.63. The molecule has 4 nitrogen and oxygen atoms in total. The van der Waals surface area contributed by atoms with Gasteiger partial charge in [-0.1, -0.05) is 0 Å². The molecule has 98 valence electrons. The Morgan fingerprint density at radius 1 is 1.41 bits per heavy atom. The molecule has 0 aliphatic carbocycles. The molecule has 0 fully saturated rings. The third-order valence-electron chi connectivity index (χ3n) is 1.80. The zero-order valence-electron chi connectivity index (χ0n) is 8.45. The molecular weight excluding hydrogens is 283 g/mol. The molecule has 1 heterocycles. The lowest BCUT2D eigenvalue weighted by Crippen LogP contribution is -2.38. The van der Waals surface area contributed by atoms with Crippen LogP contribution in [0.1, 0.15) is 5.76 Å². The van der Waals surface area contributed by atoms with E-state index in [0.29, 0.717) is 0 Å². The summed E-state index contributed by atoms with van der Waals surface area (Å²) in [6, 6.07) is 2.83. The molecule has 0 unspecified atom stereocenters. The third kappa shape index (κ3) is 4.57. The van der Waals surface area contributed by atoms with Gasteiger partial charge in [-0.25, -0.2) is 8.42 Å². The van der Waals surface area contributed by atoms with Crippen LogP contribution in [0.4, 0.5) is 13.2 Å². The van der Waals surface area contributed by atoms with Gasteiger partial charge in [-0.2, -0.15) is 17.5 Å². The Balaban J connectivity index is 2.87. The molecule has 1 aromatic rings. The number of halogens is 4. The maximum absolute atomic E-state index is 12.2. The van der Waals surface area contributed by atoms with Crippen molar-refractivity contribution < 1.29 is 26.0 Å². The molecule has 0 N–H and O–H groups in total. The molecule has 1 rings (SSSR count). The molecule has 0 aromatic carbocycles. The van der Waals surface area contributed by atoms with Crippen LogP contribution >= 0.6 is 11.6 Å². The van der Waals surface area contributed by atoms with Gasteiger partial charge in [0.25, 0.3) is 0 Å². The van der Waals surface area contributed by atoms with Crippen molar-refractivity contribution in [2.24, 2.45) is 0 Å². The van der Waals surface area contributed by atoms with Crippen molar-refractivity contribution in [1.82, 2.24) is 4.31 Å². The standard InChI is InChI=1S/C8H9ClF3NO3S/c9-6-17(14,15)13(5-8(10,11)12)4-7-2-1-3-16-7/h1-3H,4-6H2. The van der Waals surface area contributed by atoms with Gasteiger partial charge < -0.3 is 4.42 Å². The zero-order chi connectivity index (χ0) is 13.1. The second kappa shape index (κ2) is 5.28. The summed E-state index contributed by atoms with van der Waals surface area (Å²) in [5.41, 5.74) is 0. The van der Waals surface area contributed by atoms with E-state index in [0.717, 1.165) is 0 Å². The topological polar surface area (TPSA) is 50.5 Å². The number of hydrogen-bond donors (Lipinski definition) is 0. The Bertz CT molecular complexity index is 443. The second-order valence-electron chi connectivity index (χ2n) is 3.18. The maximum atomic E-state index is 12.2. The molecule has 0 spiro atoms. The van der Waals surface area contributed by atoms with Crippen molar-refractivity contribution in [3.05, 3.63) is 24.2 Å². The highest BCUT2D eigenvalue weighted by molar-refractivity contribution is 7.90. The Morgan fingerprint density at radius 2 is 2.06 bits per heavy atom. The SMILES string of the molecule is O=S(=O)(CCl)N(Cc1ccco1)CC(F)(F)F. The van der Waals surface area contributed by atoms with Crippen molar-refractivity contribution in [2.75, 3.05) is 11.8 Å². The van der Waals surface area contributed by atoms with E-state index in [9.17, 15) is 21.6 Å². The average Bonchev–Trinajstić information content (AvgIpc) is 2.67. The molecule has 17 heavy (non-hydrogen) atoms. The van der Waals surface area contributed by atoms with E-state index in [1.165, 1.54) is 18.4 Å². The summed E-state index contributed by atoms with van der Waals surface area (Å²) in [7, 11) is -4.15. The van der Waals surface area contributed by atoms with Gasteiger partial charge in [0.15, 0.2) is 0 Å². The first kappa shape index (κ1) is 14.3. The molecule has 0 aliphatic heterocycles. The molecule has 0 saturated heterocycles. The highest BCUT2D eigenvalue weighted by atomic mass is 35.5. The molecule has 0 aliphatic rings. The van der Waals surface area contributed by atoms with Crippen molar-refractivity contribution >= 4 is 21.6 Å². The number of rotatable bonds is 5. The minimum absolute atomic E-state index is 0.114. The van der Waals surface area contributed by atoms with Crippen LogP contribution in [0.15, 0.2) is 22.8 Å².